The van der Waals surface area contributed by atoms with E-state index in [1.165, 1.54) is 0 Å². The van der Waals surface area contributed by atoms with Crippen molar-refractivity contribution in [3.63, 3.8) is 0 Å². The highest BCUT2D eigenvalue weighted by Gasteiger charge is 2.68. The molecule has 6 atom stereocenters. The summed E-state index contributed by atoms with van der Waals surface area (Å²) in [5, 5.41) is 22.7. The van der Waals surface area contributed by atoms with Gasteiger partial charge in [0.15, 0.2) is 11.5 Å². The lowest BCUT2D eigenvalue weighted by Crippen LogP contribution is -2.59. The first kappa shape index (κ1) is 19.7. The van der Waals surface area contributed by atoms with Crippen molar-refractivity contribution in [1.82, 2.24) is 4.90 Å². The number of ether oxygens (including phenoxy) is 3. The number of piperidine rings is 3. The number of anilines is 1. The van der Waals surface area contributed by atoms with Gasteiger partial charge in [-0.1, -0.05) is 11.6 Å². The molecule has 3 N–H and O–H groups in total. The number of aliphatic hydroxyl groups excluding tert-OH is 2. The fourth-order valence-electron chi connectivity index (χ4n) is 6.61. The van der Waals surface area contributed by atoms with E-state index in [0.29, 0.717) is 35.9 Å². The van der Waals surface area contributed by atoms with Gasteiger partial charge in [-0.05, 0) is 18.8 Å². The van der Waals surface area contributed by atoms with Gasteiger partial charge in [-0.3, -0.25) is 9.69 Å². The zero-order valence-electron chi connectivity index (χ0n) is 17.5. The van der Waals surface area contributed by atoms with E-state index in [9.17, 15) is 15.0 Å². The van der Waals surface area contributed by atoms with Crippen LogP contribution in [0.4, 0.5) is 5.69 Å². The van der Waals surface area contributed by atoms with Gasteiger partial charge in [-0.2, -0.15) is 0 Å². The molecule has 1 spiro atoms. The van der Waals surface area contributed by atoms with Crippen LogP contribution >= 0.6 is 0 Å². The number of benzene rings is 1. The topological polar surface area (TPSA) is 100 Å². The molecule has 4 saturated heterocycles. The zero-order valence-corrected chi connectivity index (χ0v) is 17.5. The zero-order chi connectivity index (χ0) is 21.2. The molecule has 5 heterocycles. The first-order valence-electron chi connectivity index (χ1n) is 10.4. The molecule has 5 aliphatic heterocycles. The minimum Gasteiger partial charge on any atom is -0.494 e. The van der Waals surface area contributed by atoms with Crippen molar-refractivity contribution in [2.75, 3.05) is 46.4 Å². The largest absolute Gasteiger partial charge is 0.494 e. The van der Waals surface area contributed by atoms with E-state index in [1.54, 1.807) is 27.4 Å². The molecule has 162 valence electrons. The molecular weight excluding hydrogens is 388 g/mol. The minimum atomic E-state index is -0.792. The Kier molecular flexibility index (Phi) is 4.50. The number of methoxy groups -OCH3 is 3. The lowest BCUT2D eigenvalue weighted by Gasteiger charge is -2.52. The molecule has 0 radical (unpaired) electrons. The summed E-state index contributed by atoms with van der Waals surface area (Å²) in [6.07, 6.45) is 3.22. The van der Waals surface area contributed by atoms with Gasteiger partial charge in [0.05, 0.1) is 39.0 Å². The maximum atomic E-state index is 13.6. The van der Waals surface area contributed by atoms with Crippen LogP contribution in [0, 0.1) is 11.8 Å². The monoisotopic (exact) mass is 416 g/mol. The average Bonchev–Trinajstić information content (AvgIpc) is 3.19. The predicted octanol–water partition coefficient (Wildman–Crippen LogP) is 0.906. The molecule has 8 heteroatoms. The molecule has 0 aromatic heterocycles. The highest BCUT2D eigenvalue weighted by Crippen LogP contribution is 2.64. The van der Waals surface area contributed by atoms with Gasteiger partial charge < -0.3 is 29.7 Å². The highest BCUT2D eigenvalue weighted by atomic mass is 16.5. The molecule has 30 heavy (non-hydrogen) atoms. The van der Waals surface area contributed by atoms with E-state index >= 15 is 0 Å². The first-order valence-corrected chi connectivity index (χ1v) is 10.4. The van der Waals surface area contributed by atoms with Crippen LogP contribution in [0.25, 0.3) is 0 Å². The van der Waals surface area contributed by atoms with Gasteiger partial charge in [0.2, 0.25) is 5.91 Å². The molecule has 8 nitrogen and oxygen atoms in total. The number of nitrogens with zero attached hydrogens (tertiary/aromatic N) is 1. The van der Waals surface area contributed by atoms with Crippen molar-refractivity contribution in [3.8, 4) is 17.2 Å². The third-order valence-electron chi connectivity index (χ3n) is 7.76. The number of hydrogen-bond acceptors (Lipinski definition) is 7. The molecule has 4 fully saturated rings. The Bertz CT molecular complexity index is 931. The number of carbonyl (C=O) groups excluding carboxylic acids is 1. The van der Waals surface area contributed by atoms with Crippen LogP contribution in [-0.2, 0) is 10.2 Å². The fraction of sp³-hybridized carbons (Fsp3) is 0.591. The van der Waals surface area contributed by atoms with Gasteiger partial charge in [-0.15, -0.1) is 0 Å². The van der Waals surface area contributed by atoms with Crippen LogP contribution in [0.15, 0.2) is 17.7 Å². The molecule has 0 aliphatic carbocycles. The third-order valence-corrected chi connectivity index (χ3v) is 7.76. The molecule has 1 aromatic rings. The van der Waals surface area contributed by atoms with Crippen LogP contribution in [0.5, 0.6) is 17.2 Å². The number of nitrogens with one attached hydrogen (secondary N) is 1. The van der Waals surface area contributed by atoms with E-state index in [-0.39, 0.29) is 43.0 Å². The Morgan fingerprint density at radius 3 is 2.63 bits per heavy atom. The lowest BCUT2D eigenvalue weighted by molar-refractivity contribution is -0.122. The van der Waals surface area contributed by atoms with E-state index in [2.05, 4.69) is 10.2 Å². The van der Waals surface area contributed by atoms with Crippen molar-refractivity contribution >= 4 is 11.6 Å². The Morgan fingerprint density at radius 1 is 1.23 bits per heavy atom. The number of rotatable bonds is 5. The number of aliphatic hydroxyl groups is 2. The van der Waals surface area contributed by atoms with E-state index < -0.39 is 5.41 Å². The number of carbonyl (C=O) groups is 1. The quantitative estimate of drug-likeness (QED) is 0.614. The Labute approximate surface area is 175 Å². The number of amides is 1. The predicted molar refractivity (Wildman–Crippen MR) is 109 cm³/mol. The van der Waals surface area contributed by atoms with Crippen LogP contribution in [0.3, 0.4) is 0 Å². The molecule has 6 rings (SSSR count). The second-order valence-electron chi connectivity index (χ2n) is 8.60. The lowest BCUT2D eigenvalue weighted by atomic mass is 9.69. The highest BCUT2D eigenvalue weighted by molar-refractivity contribution is 6.10. The van der Waals surface area contributed by atoms with Crippen LogP contribution < -0.4 is 19.5 Å². The van der Waals surface area contributed by atoms with Gasteiger partial charge in [-0.25, -0.2) is 0 Å². The second kappa shape index (κ2) is 6.87. The SMILES string of the molecule is COc1cc(OC)c(OC)c2c1NC(=O)[C@@]21C[C@H]2[C@@H](CO)[C@H]3C[C@@H]1N2C/C3=C\CO. The average molecular weight is 416 g/mol. The molecule has 5 aliphatic rings. The van der Waals surface area contributed by atoms with Crippen LogP contribution in [-0.4, -0.2) is 74.2 Å². The van der Waals surface area contributed by atoms with Gasteiger partial charge in [0, 0.05) is 42.8 Å². The van der Waals surface area contributed by atoms with Crippen molar-refractivity contribution in [2.45, 2.75) is 30.3 Å². The van der Waals surface area contributed by atoms with Crippen molar-refractivity contribution in [1.29, 1.82) is 0 Å². The summed E-state index contributed by atoms with van der Waals surface area (Å²) in [6, 6.07) is 1.81. The smallest absolute Gasteiger partial charge is 0.237 e. The van der Waals surface area contributed by atoms with Crippen LogP contribution in [0.1, 0.15) is 18.4 Å². The van der Waals surface area contributed by atoms with E-state index in [0.717, 1.165) is 17.6 Å². The normalized spacial score (nSPS) is 36.9. The summed E-state index contributed by atoms with van der Waals surface area (Å²) in [5.41, 5.74) is 1.82. The van der Waals surface area contributed by atoms with Crippen molar-refractivity contribution in [3.05, 3.63) is 23.3 Å². The van der Waals surface area contributed by atoms with E-state index in [4.69, 9.17) is 14.2 Å². The van der Waals surface area contributed by atoms with Gasteiger partial charge in [0.25, 0.3) is 0 Å². The molecule has 1 amide bonds. The number of fused-ring (bicyclic) bond motifs is 3. The third kappa shape index (κ3) is 2.24. The van der Waals surface area contributed by atoms with Gasteiger partial charge >= 0.3 is 0 Å². The van der Waals surface area contributed by atoms with E-state index in [1.807, 2.05) is 6.08 Å². The fourth-order valence-corrected chi connectivity index (χ4v) is 6.61. The summed E-state index contributed by atoms with van der Waals surface area (Å²) >= 11 is 0. The Hall–Kier alpha value is -2.29. The molecule has 4 bridgehead atoms. The summed E-state index contributed by atoms with van der Waals surface area (Å²) in [7, 11) is 4.74. The minimum absolute atomic E-state index is 0.0101. The molecule has 0 saturated carbocycles. The van der Waals surface area contributed by atoms with Crippen molar-refractivity contribution in [2.24, 2.45) is 11.8 Å². The number of hydrogen-bond donors (Lipinski definition) is 3. The van der Waals surface area contributed by atoms with Gasteiger partial charge in [0.1, 0.15) is 5.75 Å². The standard InChI is InChI=1S/C22H28N2O6/c1-28-15-7-16(29-2)20(30-3)18-19(15)23-21(27)22(18)8-14-13(10-26)12-6-17(22)24(14)9-11(12)4-5-25/h4,7,12-14,17,25-26H,5-6,8-10H2,1-3H3,(H,23,27)/b11-4+/t12-,13-,14-,17-,22+/m0/s1. The first-order chi connectivity index (χ1) is 14.5. The Balaban J connectivity index is 1.70. The maximum absolute atomic E-state index is 13.6. The summed E-state index contributed by atoms with van der Waals surface area (Å²) in [4.78, 5) is 16.0. The molecular formula is C22H28N2O6. The molecule has 1 unspecified atom stereocenters. The summed E-state index contributed by atoms with van der Waals surface area (Å²) < 4.78 is 16.9. The van der Waals surface area contributed by atoms with Crippen molar-refractivity contribution < 1.29 is 29.2 Å². The summed E-state index contributed by atoms with van der Waals surface area (Å²) in [6.45, 7) is 0.763. The maximum Gasteiger partial charge on any atom is 0.237 e. The summed E-state index contributed by atoms with van der Waals surface area (Å²) in [5.74, 6) is 1.80. The molecule has 1 aromatic carbocycles. The Morgan fingerprint density at radius 2 is 2.00 bits per heavy atom. The second-order valence-corrected chi connectivity index (χ2v) is 8.60. The van der Waals surface area contributed by atoms with Crippen LogP contribution in [0.2, 0.25) is 0 Å².